The first-order valence-corrected chi connectivity index (χ1v) is 14.0. The number of amides is 1. The maximum atomic E-state index is 14.8. The number of piperidine rings is 1. The van der Waals surface area contributed by atoms with Crippen molar-refractivity contribution in [2.45, 2.75) is 76.4 Å². The van der Waals surface area contributed by atoms with Gasteiger partial charge in [0.25, 0.3) is 0 Å². The molecule has 2 saturated heterocycles. The van der Waals surface area contributed by atoms with Crippen LogP contribution in [0.1, 0.15) is 46.5 Å². The molecule has 2 bridgehead atoms. The number of hydrogen-bond acceptors (Lipinski definition) is 7. The van der Waals surface area contributed by atoms with Gasteiger partial charge in [-0.3, -0.25) is 0 Å². The van der Waals surface area contributed by atoms with E-state index in [0.29, 0.717) is 18.2 Å². The lowest BCUT2D eigenvalue weighted by molar-refractivity contribution is -0.153. The van der Waals surface area contributed by atoms with Crippen molar-refractivity contribution in [2.24, 2.45) is 0 Å². The number of ether oxygens (including phenoxy) is 3. The molecule has 1 aromatic heterocycles. The second kappa shape index (κ2) is 11.4. The van der Waals surface area contributed by atoms with Gasteiger partial charge in [-0.2, -0.15) is 13.2 Å². The zero-order valence-electron chi connectivity index (χ0n) is 22.9. The van der Waals surface area contributed by atoms with Crippen molar-refractivity contribution in [1.29, 1.82) is 0 Å². The van der Waals surface area contributed by atoms with E-state index in [1.165, 1.54) is 30.6 Å². The summed E-state index contributed by atoms with van der Waals surface area (Å²) in [6, 6.07) is 5.29. The van der Waals surface area contributed by atoms with E-state index in [-0.39, 0.29) is 50.6 Å². The van der Waals surface area contributed by atoms with Crippen molar-refractivity contribution in [3.8, 4) is 11.5 Å². The fraction of sp³-hybridized carbons (Fsp3) is 0.464. The summed E-state index contributed by atoms with van der Waals surface area (Å²) >= 11 is 11.8. The van der Waals surface area contributed by atoms with Gasteiger partial charge in [0.2, 0.25) is 0 Å². The van der Waals surface area contributed by atoms with Crippen LogP contribution in [0.4, 0.5) is 33.9 Å². The fourth-order valence-electron chi connectivity index (χ4n) is 5.29. The minimum absolute atomic E-state index is 0.0182. The standard InChI is InChI=1S/C28H28Cl2F4N4O4/c1-27(2,3)42-26(39)38-14-4-5-15(38)9-16(8-14)41-22-10-17-20(11-21(22)40-12-28(32,33)34)35-13-36-25(17)37-19-7-6-18(29)23(30)24(19)31/h6-7,10-11,13-16H,4-5,8-9,12H2,1-3H3,(H,35,36,37)/t14-,15+,16?. The molecule has 1 unspecified atom stereocenters. The van der Waals surface area contributed by atoms with Crippen LogP contribution in [0, 0.1) is 5.82 Å². The molecular weight excluding hydrogens is 603 g/mol. The molecule has 3 heterocycles. The van der Waals surface area contributed by atoms with Crippen LogP contribution in [0.15, 0.2) is 30.6 Å². The first-order valence-electron chi connectivity index (χ1n) is 13.3. The Bertz CT molecular complexity index is 1490. The summed E-state index contributed by atoms with van der Waals surface area (Å²) < 4.78 is 71.0. The van der Waals surface area contributed by atoms with Gasteiger partial charge >= 0.3 is 12.3 Å². The van der Waals surface area contributed by atoms with E-state index < -0.39 is 36.4 Å². The Morgan fingerprint density at radius 3 is 2.40 bits per heavy atom. The Labute approximate surface area is 249 Å². The quantitative estimate of drug-likeness (QED) is 0.218. The molecule has 226 valence electrons. The van der Waals surface area contributed by atoms with Gasteiger partial charge in [-0.1, -0.05) is 23.2 Å². The highest BCUT2D eigenvalue weighted by molar-refractivity contribution is 6.42. The van der Waals surface area contributed by atoms with Crippen molar-refractivity contribution in [1.82, 2.24) is 14.9 Å². The summed E-state index contributed by atoms with van der Waals surface area (Å²) in [6.07, 6.45) is -1.79. The van der Waals surface area contributed by atoms with Gasteiger partial charge < -0.3 is 24.4 Å². The second-order valence-electron chi connectivity index (χ2n) is 11.3. The summed E-state index contributed by atoms with van der Waals surface area (Å²) in [5, 5.41) is 2.94. The lowest BCUT2D eigenvalue weighted by Crippen LogP contribution is -2.50. The highest BCUT2D eigenvalue weighted by Crippen LogP contribution is 2.42. The SMILES string of the molecule is CC(C)(C)OC(=O)N1[C@@H]2CC[C@H]1CC(Oc1cc3c(Nc4ccc(Cl)c(Cl)c4F)ncnc3cc1OCC(F)(F)F)C2. The van der Waals surface area contributed by atoms with Gasteiger partial charge in [0.1, 0.15) is 23.9 Å². The van der Waals surface area contributed by atoms with Crippen LogP contribution in [0.5, 0.6) is 11.5 Å². The molecule has 0 radical (unpaired) electrons. The van der Waals surface area contributed by atoms with Crippen LogP contribution in [-0.4, -0.2) is 57.5 Å². The summed E-state index contributed by atoms with van der Waals surface area (Å²) in [5.74, 6) is -0.768. The van der Waals surface area contributed by atoms with Crippen LogP contribution in [0.2, 0.25) is 10.0 Å². The number of halogens is 6. The first-order chi connectivity index (χ1) is 19.7. The molecule has 2 aliphatic rings. The topological polar surface area (TPSA) is 85.8 Å². The molecule has 3 atom stereocenters. The molecule has 5 rings (SSSR count). The van der Waals surface area contributed by atoms with Gasteiger partial charge in [0, 0.05) is 36.4 Å². The molecule has 14 heteroatoms. The van der Waals surface area contributed by atoms with E-state index in [0.717, 1.165) is 12.8 Å². The molecular formula is C28H28Cl2F4N4O4. The van der Waals surface area contributed by atoms with Gasteiger partial charge in [-0.05, 0) is 51.8 Å². The summed E-state index contributed by atoms with van der Waals surface area (Å²) in [4.78, 5) is 22.9. The summed E-state index contributed by atoms with van der Waals surface area (Å²) in [7, 11) is 0. The van der Waals surface area contributed by atoms with E-state index >= 15 is 0 Å². The Balaban J connectivity index is 1.45. The third kappa shape index (κ3) is 6.70. The predicted molar refractivity (Wildman–Crippen MR) is 149 cm³/mol. The number of carbonyl (C=O) groups excluding carboxylic acids is 1. The molecule has 2 aliphatic heterocycles. The van der Waals surface area contributed by atoms with Gasteiger partial charge in [-0.25, -0.2) is 19.2 Å². The second-order valence-corrected chi connectivity index (χ2v) is 12.1. The number of nitrogens with one attached hydrogen (secondary N) is 1. The average Bonchev–Trinajstić information content (AvgIpc) is 3.17. The zero-order chi connectivity index (χ0) is 30.4. The minimum Gasteiger partial charge on any atom is -0.486 e. The van der Waals surface area contributed by atoms with Crippen LogP contribution >= 0.6 is 23.2 Å². The molecule has 2 aromatic carbocycles. The fourth-order valence-corrected chi connectivity index (χ4v) is 5.60. The number of hydrogen-bond donors (Lipinski definition) is 1. The Morgan fingerprint density at radius 2 is 1.76 bits per heavy atom. The molecule has 0 saturated carbocycles. The minimum atomic E-state index is -4.59. The molecule has 1 N–H and O–H groups in total. The number of nitrogens with zero attached hydrogens (tertiary/aromatic N) is 3. The largest absolute Gasteiger partial charge is 0.486 e. The normalized spacial score (nSPS) is 20.5. The Kier molecular flexibility index (Phi) is 8.23. The summed E-state index contributed by atoms with van der Waals surface area (Å²) in [5.41, 5.74) is -0.430. The smallest absolute Gasteiger partial charge is 0.422 e. The number of fused-ring (bicyclic) bond motifs is 3. The molecule has 2 fully saturated rings. The van der Waals surface area contributed by atoms with Gasteiger partial charge in [0.05, 0.1) is 21.2 Å². The highest BCUT2D eigenvalue weighted by Gasteiger charge is 2.46. The number of aromatic nitrogens is 2. The molecule has 0 spiro atoms. The predicted octanol–water partition coefficient (Wildman–Crippen LogP) is 8.07. The number of benzene rings is 2. The molecule has 3 aromatic rings. The zero-order valence-corrected chi connectivity index (χ0v) is 24.4. The van der Waals surface area contributed by atoms with Crippen molar-refractivity contribution in [3.63, 3.8) is 0 Å². The van der Waals surface area contributed by atoms with Crippen LogP contribution in [0.25, 0.3) is 10.9 Å². The van der Waals surface area contributed by atoms with Crippen molar-refractivity contribution >= 4 is 51.7 Å². The maximum absolute atomic E-state index is 14.8. The average molecular weight is 631 g/mol. The van der Waals surface area contributed by atoms with Crippen LogP contribution in [-0.2, 0) is 4.74 Å². The van der Waals surface area contributed by atoms with E-state index in [1.807, 2.05) is 0 Å². The monoisotopic (exact) mass is 630 g/mol. The lowest BCUT2D eigenvalue weighted by Gasteiger charge is -2.39. The third-order valence-electron chi connectivity index (χ3n) is 6.97. The van der Waals surface area contributed by atoms with Crippen molar-refractivity contribution in [2.75, 3.05) is 11.9 Å². The Hall–Kier alpha value is -3.25. The molecule has 0 aliphatic carbocycles. The van der Waals surface area contributed by atoms with E-state index in [4.69, 9.17) is 37.4 Å². The van der Waals surface area contributed by atoms with Crippen LogP contribution < -0.4 is 14.8 Å². The van der Waals surface area contributed by atoms with E-state index in [1.54, 1.807) is 25.7 Å². The van der Waals surface area contributed by atoms with Crippen LogP contribution in [0.3, 0.4) is 0 Å². The Morgan fingerprint density at radius 1 is 1.07 bits per heavy atom. The van der Waals surface area contributed by atoms with Crippen molar-refractivity contribution < 1.29 is 36.6 Å². The van der Waals surface area contributed by atoms with Crippen molar-refractivity contribution in [3.05, 3.63) is 46.5 Å². The summed E-state index contributed by atoms with van der Waals surface area (Å²) in [6.45, 7) is 3.86. The molecule has 42 heavy (non-hydrogen) atoms. The number of carbonyl (C=O) groups is 1. The number of alkyl halides is 3. The number of anilines is 2. The van der Waals surface area contributed by atoms with Gasteiger partial charge in [0.15, 0.2) is 23.9 Å². The lowest BCUT2D eigenvalue weighted by atomic mass is 10.00. The number of rotatable bonds is 6. The van der Waals surface area contributed by atoms with E-state index in [2.05, 4.69) is 15.3 Å². The third-order valence-corrected chi connectivity index (χ3v) is 7.75. The highest BCUT2D eigenvalue weighted by atomic mass is 35.5. The first kappa shape index (κ1) is 30.2. The molecule has 8 nitrogen and oxygen atoms in total. The van der Waals surface area contributed by atoms with Gasteiger partial charge in [-0.15, -0.1) is 0 Å². The van der Waals surface area contributed by atoms with E-state index in [9.17, 15) is 22.4 Å². The molecule has 1 amide bonds. The maximum Gasteiger partial charge on any atom is 0.422 e.